The summed E-state index contributed by atoms with van der Waals surface area (Å²) in [6.07, 6.45) is 0. The molecule has 0 unspecified atom stereocenters. The number of halogens is 2. The summed E-state index contributed by atoms with van der Waals surface area (Å²) in [5, 5.41) is 0.197. The van der Waals surface area contributed by atoms with E-state index >= 15 is 0 Å². The number of nitrogens with two attached hydrogens (primary N) is 1. The highest BCUT2D eigenvalue weighted by Crippen LogP contribution is 2.27. The number of nitrogen functional groups attached to an aromatic ring is 1. The minimum absolute atomic E-state index is 0.121. The quantitative estimate of drug-likeness (QED) is 0.694. The summed E-state index contributed by atoms with van der Waals surface area (Å²) >= 11 is 5.87. The molecule has 0 aromatic heterocycles. The van der Waals surface area contributed by atoms with Crippen molar-refractivity contribution in [1.29, 1.82) is 0 Å². The van der Waals surface area contributed by atoms with Crippen molar-refractivity contribution >= 4 is 23.3 Å². The first-order valence-electron chi connectivity index (χ1n) is 6.07. The summed E-state index contributed by atoms with van der Waals surface area (Å²) < 4.78 is 23.7. The Balaban J connectivity index is 2.18. The lowest BCUT2D eigenvalue weighted by molar-refractivity contribution is 0.0465. The molecular weight excluding hydrogens is 297 g/mol. The molecule has 0 radical (unpaired) electrons. The monoisotopic (exact) mass is 309 g/mol. The molecule has 2 aromatic rings. The molecule has 110 valence electrons. The van der Waals surface area contributed by atoms with E-state index in [1.54, 1.807) is 12.1 Å². The van der Waals surface area contributed by atoms with Crippen molar-refractivity contribution in [3.63, 3.8) is 0 Å². The first kappa shape index (κ1) is 15.1. The lowest BCUT2D eigenvalue weighted by Gasteiger charge is -2.11. The molecular formula is C15H13ClFNO3. The third kappa shape index (κ3) is 3.25. The Hall–Kier alpha value is -2.27. The Bertz CT molecular complexity index is 656. The Kier molecular flexibility index (Phi) is 4.65. The van der Waals surface area contributed by atoms with Gasteiger partial charge >= 0.3 is 5.97 Å². The highest BCUT2D eigenvalue weighted by atomic mass is 35.5. The Morgan fingerprint density at radius 1 is 1.29 bits per heavy atom. The third-order valence-electron chi connectivity index (χ3n) is 2.88. The number of esters is 1. The van der Waals surface area contributed by atoms with Crippen LogP contribution in [0.4, 0.5) is 10.1 Å². The van der Waals surface area contributed by atoms with Crippen LogP contribution in [0.1, 0.15) is 15.9 Å². The summed E-state index contributed by atoms with van der Waals surface area (Å²) in [6.45, 7) is -0.276. The molecule has 2 rings (SSSR count). The van der Waals surface area contributed by atoms with E-state index in [0.29, 0.717) is 5.69 Å². The van der Waals surface area contributed by atoms with E-state index in [9.17, 15) is 9.18 Å². The van der Waals surface area contributed by atoms with Crippen LogP contribution in [-0.4, -0.2) is 13.1 Å². The lowest BCUT2D eigenvalue weighted by atomic mass is 10.1. The van der Waals surface area contributed by atoms with Gasteiger partial charge in [0.2, 0.25) is 0 Å². The number of hydrogen-bond acceptors (Lipinski definition) is 4. The third-order valence-corrected chi connectivity index (χ3v) is 3.23. The van der Waals surface area contributed by atoms with E-state index in [4.69, 9.17) is 26.8 Å². The maximum Gasteiger partial charge on any atom is 0.342 e. The van der Waals surface area contributed by atoms with E-state index < -0.39 is 11.8 Å². The van der Waals surface area contributed by atoms with Crippen molar-refractivity contribution in [2.75, 3.05) is 12.8 Å². The second kappa shape index (κ2) is 6.45. The van der Waals surface area contributed by atoms with Crippen LogP contribution in [0.5, 0.6) is 5.75 Å². The largest absolute Gasteiger partial charge is 0.494 e. The summed E-state index contributed by atoms with van der Waals surface area (Å²) in [5.74, 6) is -0.976. The molecule has 0 aliphatic rings. The second-order valence-corrected chi connectivity index (χ2v) is 4.61. The molecule has 0 saturated heterocycles. The fourth-order valence-electron chi connectivity index (χ4n) is 1.83. The van der Waals surface area contributed by atoms with Crippen molar-refractivity contribution in [2.45, 2.75) is 6.61 Å². The SMILES string of the molecule is COc1c(N)cccc1C(=O)OCc1c(F)cccc1Cl. The van der Waals surface area contributed by atoms with Crippen molar-refractivity contribution in [3.05, 3.63) is 58.4 Å². The van der Waals surface area contributed by atoms with E-state index in [0.717, 1.165) is 0 Å². The maximum atomic E-state index is 13.6. The first-order chi connectivity index (χ1) is 10.0. The predicted molar refractivity (Wildman–Crippen MR) is 77.9 cm³/mol. The van der Waals surface area contributed by atoms with E-state index in [1.807, 2.05) is 0 Å². The topological polar surface area (TPSA) is 61.5 Å². The predicted octanol–water partition coefficient (Wildman–Crippen LogP) is 3.43. The molecule has 6 heteroatoms. The summed E-state index contributed by atoms with van der Waals surface area (Å²) in [4.78, 5) is 12.0. The summed E-state index contributed by atoms with van der Waals surface area (Å²) in [6, 6.07) is 8.96. The zero-order valence-corrected chi connectivity index (χ0v) is 12.0. The lowest BCUT2D eigenvalue weighted by Crippen LogP contribution is -2.09. The molecule has 0 saturated carbocycles. The van der Waals surface area contributed by atoms with Crippen LogP contribution in [0.25, 0.3) is 0 Å². The molecule has 0 amide bonds. The van der Waals surface area contributed by atoms with Crippen LogP contribution in [0.3, 0.4) is 0 Å². The van der Waals surface area contributed by atoms with Gasteiger partial charge in [-0.2, -0.15) is 0 Å². The molecule has 4 nitrogen and oxygen atoms in total. The number of ether oxygens (including phenoxy) is 2. The molecule has 0 aliphatic heterocycles. The Labute approximate surface area is 126 Å². The van der Waals surface area contributed by atoms with Crippen molar-refractivity contribution in [1.82, 2.24) is 0 Å². The van der Waals surface area contributed by atoms with Crippen LogP contribution in [-0.2, 0) is 11.3 Å². The minimum Gasteiger partial charge on any atom is -0.494 e. The van der Waals surface area contributed by atoms with Crippen LogP contribution in [0.15, 0.2) is 36.4 Å². The van der Waals surface area contributed by atoms with Gasteiger partial charge in [0.25, 0.3) is 0 Å². The number of rotatable bonds is 4. The van der Waals surface area contributed by atoms with Gasteiger partial charge in [-0.3, -0.25) is 0 Å². The molecule has 0 atom stereocenters. The van der Waals surface area contributed by atoms with Gasteiger partial charge in [-0.1, -0.05) is 23.7 Å². The minimum atomic E-state index is -0.668. The van der Waals surface area contributed by atoms with E-state index in [1.165, 1.54) is 31.4 Å². The molecule has 0 aliphatic carbocycles. The highest BCUT2D eigenvalue weighted by molar-refractivity contribution is 6.31. The van der Waals surface area contributed by atoms with Crippen LogP contribution < -0.4 is 10.5 Å². The van der Waals surface area contributed by atoms with Crippen LogP contribution in [0.2, 0.25) is 5.02 Å². The molecule has 0 heterocycles. The number of benzene rings is 2. The zero-order chi connectivity index (χ0) is 15.4. The highest BCUT2D eigenvalue weighted by Gasteiger charge is 2.17. The van der Waals surface area contributed by atoms with Crippen LogP contribution in [0, 0.1) is 5.82 Å². The van der Waals surface area contributed by atoms with Gasteiger partial charge in [-0.05, 0) is 24.3 Å². The maximum absolute atomic E-state index is 13.6. The number of carbonyl (C=O) groups excluding carboxylic acids is 1. The van der Waals surface area contributed by atoms with Gasteiger partial charge in [-0.15, -0.1) is 0 Å². The van der Waals surface area contributed by atoms with Crippen LogP contribution >= 0.6 is 11.6 Å². The van der Waals surface area contributed by atoms with Gasteiger partial charge in [-0.25, -0.2) is 9.18 Å². The number of para-hydroxylation sites is 1. The van der Waals surface area contributed by atoms with Gasteiger partial charge in [0.1, 0.15) is 18.0 Å². The fourth-order valence-corrected chi connectivity index (χ4v) is 2.05. The van der Waals surface area contributed by atoms with E-state index in [2.05, 4.69) is 0 Å². The molecule has 2 aromatic carbocycles. The number of carbonyl (C=O) groups is 1. The standard InChI is InChI=1S/C15H13ClFNO3/c1-20-14-9(4-2-7-13(14)18)15(19)21-8-10-11(16)5-3-6-12(10)17/h2-7H,8,18H2,1H3. The Morgan fingerprint density at radius 2 is 2.00 bits per heavy atom. The molecule has 21 heavy (non-hydrogen) atoms. The second-order valence-electron chi connectivity index (χ2n) is 4.20. The molecule has 0 bridgehead atoms. The number of anilines is 1. The number of hydrogen-bond donors (Lipinski definition) is 1. The molecule has 0 fully saturated rings. The van der Waals surface area contributed by atoms with Gasteiger partial charge < -0.3 is 15.2 Å². The molecule has 2 N–H and O–H groups in total. The fraction of sp³-hybridized carbons (Fsp3) is 0.133. The van der Waals surface area contributed by atoms with Gasteiger partial charge in [0, 0.05) is 5.56 Å². The normalized spacial score (nSPS) is 10.2. The smallest absolute Gasteiger partial charge is 0.342 e. The van der Waals surface area contributed by atoms with Crippen molar-refractivity contribution < 1.29 is 18.7 Å². The average molecular weight is 310 g/mol. The van der Waals surface area contributed by atoms with E-state index in [-0.39, 0.29) is 28.5 Å². The van der Waals surface area contributed by atoms with Gasteiger partial charge in [0.05, 0.1) is 17.8 Å². The van der Waals surface area contributed by atoms with Gasteiger partial charge in [0.15, 0.2) is 5.75 Å². The van der Waals surface area contributed by atoms with Crippen molar-refractivity contribution in [2.24, 2.45) is 0 Å². The number of methoxy groups -OCH3 is 1. The Morgan fingerprint density at radius 3 is 2.67 bits per heavy atom. The summed E-state index contributed by atoms with van der Waals surface area (Å²) in [5.41, 5.74) is 6.32. The average Bonchev–Trinajstić information content (AvgIpc) is 2.46. The van der Waals surface area contributed by atoms with Crippen molar-refractivity contribution in [3.8, 4) is 5.75 Å². The summed E-state index contributed by atoms with van der Waals surface area (Å²) in [7, 11) is 1.40. The zero-order valence-electron chi connectivity index (χ0n) is 11.2. The molecule has 0 spiro atoms. The first-order valence-corrected chi connectivity index (χ1v) is 6.45.